The van der Waals surface area contributed by atoms with Gasteiger partial charge in [-0.25, -0.2) is 4.98 Å². The maximum Gasteiger partial charge on any atom is 0.224 e. The number of aromatic nitrogens is 1. The van der Waals surface area contributed by atoms with Crippen molar-refractivity contribution in [2.75, 3.05) is 6.61 Å². The monoisotopic (exact) mass is 181 g/mol. The Balaban J connectivity index is 2.09. The van der Waals surface area contributed by atoms with Gasteiger partial charge in [-0.1, -0.05) is 0 Å². The normalized spacial score (nSPS) is 22.9. The highest BCUT2D eigenvalue weighted by Crippen LogP contribution is 2.26. The molecule has 4 heteroatoms. The van der Waals surface area contributed by atoms with E-state index in [1.54, 1.807) is 0 Å². The summed E-state index contributed by atoms with van der Waals surface area (Å²) in [6.07, 6.45) is 5.18. The molecule has 1 saturated heterocycles. The molecule has 0 N–H and O–H groups in total. The molecule has 0 spiro atoms. The number of ether oxygens (including phenoxy) is 1. The Morgan fingerprint density at radius 1 is 1.54 bits per heavy atom. The van der Waals surface area contributed by atoms with Crippen LogP contribution in [0.4, 0.5) is 0 Å². The molecule has 1 fully saturated rings. The third-order valence-electron chi connectivity index (χ3n) is 2.11. The molecule has 70 valence electrons. The number of nitrogens with zero attached hydrogens (tertiary/aromatic N) is 1. The summed E-state index contributed by atoms with van der Waals surface area (Å²) in [6.45, 7) is 0.753. The summed E-state index contributed by atoms with van der Waals surface area (Å²) < 4.78 is 10.6. The molecule has 1 aliphatic heterocycles. The van der Waals surface area contributed by atoms with Crippen LogP contribution in [0.5, 0.6) is 0 Å². The molecule has 2 heterocycles. The molecular formula is C9H11NO3. The minimum atomic E-state index is -0.0533. The van der Waals surface area contributed by atoms with Crippen molar-refractivity contribution in [2.45, 2.75) is 25.4 Å². The zero-order valence-corrected chi connectivity index (χ0v) is 7.23. The predicted molar refractivity (Wildman–Crippen MR) is 44.4 cm³/mol. The van der Waals surface area contributed by atoms with Gasteiger partial charge in [0.25, 0.3) is 0 Å². The second-order valence-electron chi connectivity index (χ2n) is 3.07. The van der Waals surface area contributed by atoms with Crippen LogP contribution in [0.25, 0.3) is 0 Å². The average Bonchev–Trinajstić information content (AvgIpc) is 2.67. The fourth-order valence-electron chi connectivity index (χ4n) is 1.44. The van der Waals surface area contributed by atoms with Crippen molar-refractivity contribution >= 4 is 6.29 Å². The van der Waals surface area contributed by atoms with E-state index in [1.807, 2.05) is 0 Å². The van der Waals surface area contributed by atoms with Crippen LogP contribution in [0, 0.1) is 0 Å². The zero-order valence-electron chi connectivity index (χ0n) is 7.23. The molecule has 0 amide bonds. The molecule has 1 unspecified atom stereocenters. The Bertz CT molecular complexity index is 289. The molecule has 13 heavy (non-hydrogen) atoms. The highest BCUT2D eigenvalue weighted by Gasteiger charge is 2.20. The van der Waals surface area contributed by atoms with E-state index in [0.29, 0.717) is 12.2 Å². The first-order valence-electron chi connectivity index (χ1n) is 4.42. The minimum absolute atomic E-state index is 0.0533. The van der Waals surface area contributed by atoms with Gasteiger partial charge in [0.1, 0.15) is 6.10 Å². The Morgan fingerprint density at radius 2 is 2.46 bits per heavy atom. The Kier molecular flexibility index (Phi) is 2.40. The summed E-state index contributed by atoms with van der Waals surface area (Å²) in [6, 6.07) is 0. The second kappa shape index (κ2) is 3.70. The van der Waals surface area contributed by atoms with E-state index in [0.717, 1.165) is 25.9 Å². The van der Waals surface area contributed by atoms with Gasteiger partial charge in [0, 0.05) is 6.61 Å². The summed E-state index contributed by atoms with van der Waals surface area (Å²) in [5.74, 6) is 0.797. The SMILES string of the molecule is O=Cc1cnc(C2CCCCO2)o1. The molecule has 4 nitrogen and oxygen atoms in total. The molecule has 0 bridgehead atoms. The average molecular weight is 181 g/mol. The molecular weight excluding hydrogens is 170 g/mol. The first-order valence-corrected chi connectivity index (χ1v) is 4.42. The maximum atomic E-state index is 10.3. The largest absolute Gasteiger partial charge is 0.435 e. The lowest BCUT2D eigenvalue weighted by Crippen LogP contribution is -2.11. The molecule has 1 aromatic heterocycles. The van der Waals surface area contributed by atoms with Crippen LogP contribution in [0.1, 0.15) is 41.8 Å². The first-order chi connectivity index (χ1) is 6.40. The lowest BCUT2D eigenvalue weighted by Gasteiger charge is -2.19. The number of aldehydes is 1. The van der Waals surface area contributed by atoms with Gasteiger partial charge in [0.15, 0.2) is 12.0 Å². The van der Waals surface area contributed by atoms with E-state index in [4.69, 9.17) is 9.15 Å². The Hall–Kier alpha value is -1.16. The first kappa shape index (κ1) is 8.44. The van der Waals surface area contributed by atoms with Gasteiger partial charge in [-0.15, -0.1) is 0 Å². The molecule has 0 aliphatic carbocycles. The fraction of sp³-hybridized carbons (Fsp3) is 0.556. The van der Waals surface area contributed by atoms with Crippen molar-refractivity contribution < 1.29 is 13.9 Å². The van der Waals surface area contributed by atoms with Gasteiger partial charge in [-0.05, 0) is 19.3 Å². The quantitative estimate of drug-likeness (QED) is 0.652. The van der Waals surface area contributed by atoms with E-state index in [9.17, 15) is 4.79 Å². The van der Waals surface area contributed by atoms with Crippen LogP contribution in [0.3, 0.4) is 0 Å². The van der Waals surface area contributed by atoms with Gasteiger partial charge in [0.2, 0.25) is 5.89 Å². The highest BCUT2D eigenvalue weighted by atomic mass is 16.5. The summed E-state index contributed by atoms with van der Waals surface area (Å²) in [5.41, 5.74) is 0. The predicted octanol–water partition coefficient (Wildman–Crippen LogP) is 1.73. The van der Waals surface area contributed by atoms with E-state index in [1.165, 1.54) is 6.20 Å². The van der Waals surface area contributed by atoms with E-state index in [-0.39, 0.29) is 11.9 Å². The van der Waals surface area contributed by atoms with Crippen molar-refractivity contribution in [3.05, 3.63) is 17.8 Å². The number of hydrogen-bond acceptors (Lipinski definition) is 4. The van der Waals surface area contributed by atoms with Crippen molar-refractivity contribution in [2.24, 2.45) is 0 Å². The van der Waals surface area contributed by atoms with Crippen LogP contribution in [-0.4, -0.2) is 17.9 Å². The van der Waals surface area contributed by atoms with E-state index < -0.39 is 0 Å². The third-order valence-corrected chi connectivity index (χ3v) is 2.11. The summed E-state index contributed by atoms with van der Waals surface area (Å²) in [4.78, 5) is 14.3. The fourth-order valence-corrected chi connectivity index (χ4v) is 1.44. The summed E-state index contributed by atoms with van der Waals surface area (Å²) >= 11 is 0. The Labute approximate surface area is 75.9 Å². The van der Waals surface area contributed by atoms with Crippen molar-refractivity contribution in [3.63, 3.8) is 0 Å². The summed E-state index contributed by atoms with van der Waals surface area (Å²) in [5, 5.41) is 0. The van der Waals surface area contributed by atoms with E-state index in [2.05, 4.69) is 4.98 Å². The van der Waals surface area contributed by atoms with Crippen LogP contribution < -0.4 is 0 Å². The van der Waals surface area contributed by atoms with Crippen molar-refractivity contribution in [3.8, 4) is 0 Å². The lowest BCUT2D eigenvalue weighted by atomic mass is 10.1. The van der Waals surface area contributed by atoms with Gasteiger partial charge in [0.05, 0.1) is 6.20 Å². The van der Waals surface area contributed by atoms with Crippen molar-refractivity contribution in [1.82, 2.24) is 4.98 Å². The highest BCUT2D eigenvalue weighted by molar-refractivity contribution is 5.69. The number of rotatable bonds is 2. The van der Waals surface area contributed by atoms with Gasteiger partial charge >= 0.3 is 0 Å². The Morgan fingerprint density at radius 3 is 3.08 bits per heavy atom. The van der Waals surface area contributed by atoms with Crippen LogP contribution >= 0.6 is 0 Å². The minimum Gasteiger partial charge on any atom is -0.435 e. The third kappa shape index (κ3) is 1.78. The zero-order chi connectivity index (χ0) is 9.10. The molecule has 0 radical (unpaired) electrons. The number of carbonyl (C=O) groups excluding carboxylic acids is 1. The van der Waals surface area contributed by atoms with Crippen LogP contribution in [0.2, 0.25) is 0 Å². The standard InChI is InChI=1S/C9H11NO3/c11-6-7-5-10-9(13-7)8-3-1-2-4-12-8/h5-6,8H,1-4H2. The van der Waals surface area contributed by atoms with Gasteiger partial charge < -0.3 is 9.15 Å². The second-order valence-corrected chi connectivity index (χ2v) is 3.07. The van der Waals surface area contributed by atoms with Crippen LogP contribution in [-0.2, 0) is 4.74 Å². The molecule has 2 rings (SSSR count). The molecule has 1 aromatic rings. The van der Waals surface area contributed by atoms with Crippen LogP contribution in [0.15, 0.2) is 10.6 Å². The van der Waals surface area contributed by atoms with Gasteiger partial charge in [-0.2, -0.15) is 0 Å². The maximum absolute atomic E-state index is 10.3. The molecule has 0 aromatic carbocycles. The molecule has 0 saturated carbocycles. The molecule has 1 atom stereocenters. The smallest absolute Gasteiger partial charge is 0.224 e. The number of oxazole rings is 1. The number of carbonyl (C=O) groups is 1. The molecule has 1 aliphatic rings. The lowest BCUT2D eigenvalue weighted by molar-refractivity contribution is -0.00177. The summed E-state index contributed by atoms with van der Waals surface area (Å²) in [7, 11) is 0. The van der Waals surface area contributed by atoms with E-state index >= 15 is 0 Å². The van der Waals surface area contributed by atoms with Gasteiger partial charge in [-0.3, -0.25) is 4.79 Å². The topological polar surface area (TPSA) is 52.3 Å². The van der Waals surface area contributed by atoms with Crippen molar-refractivity contribution in [1.29, 1.82) is 0 Å². The number of hydrogen-bond donors (Lipinski definition) is 0.